The quantitative estimate of drug-likeness (QED) is 0.826. The standard InChI is InChI=1S/C13H23N3O/c1-5-6-9-16(4)12-8-7-11(14)13(15-12)17-10(2)3/h7-8,10H,5-6,9,14H2,1-4H3. The lowest BCUT2D eigenvalue weighted by molar-refractivity contribution is 0.234. The lowest BCUT2D eigenvalue weighted by Gasteiger charge is -2.19. The van der Waals surface area contributed by atoms with Crippen molar-refractivity contribution in [3.05, 3.63) is 12.1 Å². The number of pyridine rings is 1. The molecule has 2 N–H and O–H groups in total. The number of ether oxygens (including phenoxy) is 1. The molecule has 0 atom stereocenters. The van der Waals surface area contributed by atoms with E-state index in [1.807, 2.05) is 33.0 Å². The van der Waals surface area contributed by atoms with Gasteiger partial charge in [-0.05, 0) is 32.4 Å². The Morgan fingerprint density at radius 2 is 2.12 bits per heavy atom. The molecule has 1 heterocycles. The van der Waals surface area contributed by atoms with Crippen molar-refractivity contribution in [2.45, 2.75) is 39.7 Å². The molecule has 0 unspecified atom stereocenters. The third kappa shape index (κ3) is 4.13. The van der Waals surface area contributed by atoms with E-state index in [0.29, 0.717) is 11.6 Å². The summed E-state index contributed by atoms with van der Waals surface area (Å²) in [4.78, 5) is 6.57. The molecule has 4 heteroatoms. The van der Waals surface area contributed by atoms with Crippen molar-refractivity contribution in [1.82, 2.24) is 4.98 Å². The SMILES string of the molecule is CCCCN(C)c1ccc(N)c(OC(C)C)n1. The van der Waals surface area contributed by atoms with E-state index in [1.165, 1.54) is 6.42 Å². The molecule has 0 bridgehead atoms. The Morgan fingerprint density at radius 1 is 1.41 bits per heavy atom. The van der Waals surface area contributed by atoms with Gasteiger partial charge in [0.2, 0.25) is 5.88 Å². The monoisotopic (exact) mass is 237 g/mol. The zero-order valence-electron chi connectivity index (χ0n) is 11.2. The molecule has 1 rings (SSSR count). The number of nitrogen functional groups attached to an aromatic ring is 1. The molecule has 1 aromatic heterocycles. The maximum absolute atomic E-state index is 5.83. The van der Waals surface area contributed by atoms with Crippen molar-refractivity contribution in [3.63, 3.8) is 0 Å². The molecule has 0 radical (unpaired) electrons. The summed E-state index contributed by atoms with van der Waals surface area (Å²) < 4.78 is 5.58. The Labute approximate surface area is 104 Å². The number of hydrogen-bond donors (Lipinski definition) is 1. The van der Waals surface area contributed by atoms with Crippen LogP contribution in [0.15, 0.2) is 12.1 Å². The van der Waals surface area contributed by atoms with E-state index in [9.17, 15) is 0 Å². The average Bonchev–Trinajstić information content (AvgIpc) is 2.28. The van der Waals surface area contributed by atoms with Crippen molar-refractivity contribution in [3.8, 4) is 5.88 Å². The Bertz CT molecular complexity index is 353. The van der Waals surface area contributed by atoms with Gasteiger partial charge in [0.1, 0.15) is 5.82 Å². The molecule has 0 saturated heterocycles. The topological polar surface area (TPSA) is 51.4 Å². The normalized spacial score (nSPS) is 10.6. The predicted octanol–water partition coefficient (Wildman–Crippen LogP) is 2.69. The van der Waals surface area contributed by atoms with Crippen LogP contribution in [0.25, 0.3) is 0 Å². The fraction of sp³-hybridized carbons (Fsp3) is 0.615. The molecular weight excluding hydrogens is 214 g/mol. The highest BCUT2D eigenvalue weighted by Gasteiger charge is 2.08. The first-order valence-corrected chi connectivity index (χ1v) is 6.19. The molecule has 0 spiro atoms. The van der Waals surface area contributed by atoms with Crippen LogP contribution in [0.5, 0.6) is 5.88 Å². The van der Waals surface area contributed by atoms with E-state index in [4.69, 9.17) is 10.5 Å². The molecule has 0 saturated carbocycles. The first-order chi connectivity index (χ1) is 8.04. The molecule has 0 aliphatic carbocycles. The zero-order chi connectivity index (χ0) is 12.8. The van der Waals surface area contributed by atoms with Gasteiger partial charge in [-0.25, -0.2) is 0 Å². The Hall–Kier alpha value is -1.45. The summed E-state index contributed by atoms with van der Waals surface area (Å²) in [7, 11) is 2.04. The first kappa shape index (κ1) is 13.6. The molecule has 17 heavy (non-hydrogen) atoms. The highest BCUT2D eigenvalue weighted by molar-refractivity contribution is 5.54. The van der Waals surface area contributed by atoms with Crippen molar-refractivity contribution in [2.75, 3.05) is 24.2 Å². The summed E-state index contributed by atoms with van der Waals surface area (Å²) in [6.07, 6.45) is 2.42. The number of hydrogen-bond acceptors (Lipinski definition) is 4. The molecular formula is C13H23N3O. The highest BCUT2D eigenvalue weighted by atomic mass is 16.5. The van der Waals surface area contributed by atoms with Crippen LogP contribution >= 0.6 is 0 Å². The van der Waals surface area contributed by atoms with E-state index in [0.717, 1.165) is 18.8 Å². The van der Waals surface area contributed by atoms with E-state index >= 15 is 0 Å². The van der Waals surface area contributed by atoms with Crippen LogP contribution in [-0.2, 0) is 0 Å². The molecule has 0 fully saturated rings. The van der Waals surface area contributed by atoms with Crippen molar-refractivity contribution >= 4 is 11.5 Å². The van der Waals surface area contributed by atoms with Crippen LogP contribution in [0.1, 0.15) is 33.6 Å². The third-order valence-electron chi connectivity index (χ3n) is 2.46. The first-order valence-electron chi connectivity index (χ1n) is 6.19. The largest absolute Gasteiger partial charge is 0.473 e. The summed E-state index contributed by atoms with van der Waals surface area (Å²) in [6, 6.07) is 3.78. The lowest BCUT2D eigenvalue weighted by atomic mass is 10.3. The number of aromatic nitrogens is 1. The van der Waals surface area contributed by atoms with Gasteiger partial charge in [-0.1, -0.05) is 13.3 Å². The van der Waals surface area contributed by atoms with Crippen molar-refractivity contribution in [1.29, 1.82) is 0 Å². The minimum Gasteiger partial charge on any atom is -0.473 e. The maximum Gasteiger partial charge on any atom is 0.239 e. The minimum atomic E-state index is 0.0843. The summed E-state index contributed by atoms with van der Waals surface area (Å²) in [5.74, 6) is 1.43. The second-order valence-corrected chi connectivity index (χ2v) is 4.51. The van der Waals surface area contributed by atoms with Gasteiger partial charge in [-0.2, -0.15) is 4.98 Å². The van der Waals surface area contributed by atoms with Crippen LogP contribution in [0, 0.1) is 0 Å². The van der Waals surface area contributed by atoms with E-state index in [-0.39, 0.29) is 6.10 Å². The van der Waals surface area contributed by atoms with E-state index in [2.05, 4.69) is 16.8 Å². The van der Waals surface area contributed by atoms with Gasteiger partial charge in [0, 0.05) is 13.6 Å². The van der Waals surface area contributed by atoms with E-state index in [1.54, 1.807) is 0 Å². The average molecular weight is 237 g/mol. The Balaban J connectivity index is 2.80. The van der Waals surface area contributed by atoms with Gasteiger partial charge in [0.25, 0.3) is 0 Å². The van der Waals surface area contributed by atoms with Gasteiger partial charge < -0.3 is 15.4 Å². The molecule has 1 aromatic rings. The summed E-state index contributed by atoms with van der Waals surface area (Å²) in [5, 5.41) is 0. The Morgan fingerprint density at radius 3 is 2.71 bits per heavy atom. The number of anilines is 2. The molecule has 0 aromatic carbocycles. The number of unbranched alkanes of at least 4 members (excludes halogenated alkanes) is 1. The lowest BCUT2D eigenvalue weighted by Crippen LogP contribution is -2.20. The number of rotatable bonds is 6. The van der Waals surface area contributed by atoms with Crippen LogP contribution in [0.2, 0.25) is 0 Å². The third-order valence-corrected chi connectivity index (χ3v) is 2.46. The number of nitrogens with zero attached hydrogens (tertiary/aromatic N) is 2. The molecule has 0 aliphatic rings. The van der Waals surface area contributed by atoms with Crippen LogP contribution < -0.4 is 15.4 Å². The smallest absolute Gasteiger partial charge is 0.239 e. The van der Waals surface area contributed by atoms with Gasteiger partial charge >= 0.3 is 0 Å². The summed E-state index contributed by atoms with van der Waals surface area (Å²) >= 11 is 0. The van der Waals surface area contributed by atoms with Crippen LogP contribution in [0.3, 0.4) is 0 Å². The second kappa shape index (κ2) is 6.33. The van der Waals surface area contributed by atoms with Gasteiger partial charge in [-0.15, -0.1) is 0 Å². The highest BCUT2D eigenvalue weighted by Crippen LogP contribution is 2.23. The van der Waals surface area contributed by atoms with Crippen LogP contribution in [0.4, 0.5) is 11.5 Å². The fourth-order valence-electron chi connectivity index (χ4n) is 1.48. The molecule has 4 nitrogen and oxygen atoms in total. The number of nitrogens with two attached hydrogens (primary N) is 1. The van der Waals surface area contributed by atoms with Gasteiger partial charge in [0.15, 0.2) is 0 Å². The van der Waals surface area contributed by atoms with Gasteiger partial charge in [0.05, 0.1) is 11.8 Å². The predicted molar refractivity (Wildman–Crippen MR) is 72.6 cm³/mol. The summed E-state index contributed by atoms with van der Waals surface area (Å²) in [6.45, 7) is 7.11. The second-order valence-electron chi connectivity index (χ2n) is 4.51. The molecule has 0 aliphatic heterocycles. The summed E-state index contributed by atoms with van der Waals surface area (Å²) in [5.41, 5.74) is 6.42. The zero-order valence-corrected chi connectivity index (χ0v) is 11.2. The van der Waals surface area contributed by atoms with Gasteiger partial charge in [-0.3, -0.25) is 0 Å². The molecule has 0 amide bonds. The van der Waals surface area contributed by atoms with Crippen LogP contribution in [-0.4, -0.2) is 24.7 Å². The minimum absolute atomic E-state index is 0.0843. The van der Waals surface area contributed by atoms with Crippen molar-refractivity contribution in [2.24, 2.45) is 0 Å². The maximum atomic E-state index is 5.83. The van der Waals surface area contributed by atoms with Crippen molar-refractivity contribution < 1.29 is 4.74 Å². The van der Waals surface area contributed by atoms with E-state index < -0.39 is 0 Å². The molecule has 96 valence electrons. The Kier molecular flexibility index (Phi) is 5.07. The fourth-order valence-corrected chi connectivity index (χ4v) is 1.48.